The topological polar surface area (TPSA) is 103 Å². The van der Waals surface area contributed by atoms with Crippen molar-refractivity contribution < 1.29 is 18.3 Å². The van der Waals surface area contributed by atoms with Gasteiger partial charge in [-0.3, -0.25) is 5.10 Å². The average Bonchev–Trinajstić information content (AvgIpc) is 3.34. The van der Waals surface area contributed by atoms with Crippen LogP contribution >= 0.6 is 0 Å². The maximum absolute atomic E-state index is 14.1. The summed E-state index contributed by atoms with van der Waals surface area (Å²) in [6.45, 7) is 0. The highest BCUT2D eigenvalue weighted by Gasteiger charge is 2.57. The summed E-state index contributed by atoms with van der Waals surface area (Å²) in [7, 11) is 0. The zero-order valence-electron chi connectivity index (χ0n) is 18.2. The van der Waals surface area contributed by atoms with E-state index in [9.17, 15) is 18.3 Å². The second kappa shape index (κ2) is 7.93. The van der Waals surface area contributed by atoms with Gasteiger partial charge in [0.1, 0.15) is 11.4 Å². The molecule has 0 unspecified atom stereocenters. The summed E-state index contributed by atoms with van der Waals surface area (Å²) in [5.74, 6) is -1.23. The number of benzene rings is 1. The molecule has 3 fully saturated rings. The van der Waals surface area contributed by atoms with Gasteiger partial charge in [-0.2, -0.15) is 18.3 Å². The number of aromatic amines is 1. The number of aromatic hydroxyl groups is 1. The quantitative estimate of drug-likeness (QED) is 0.522. The molecule has 4 atom stereocenters. The summed E-state index contributed by atoms with van der Waals surface area (Å²) in [5, 5.41) is 28.8. The maximum Gasteiger partial charge on any atom is 0.395 e. The molecular formula is C23H24F3N7O. The Labute approximate surface area is 193 Å². The summed E-state index contributed by atoms with van der Waals surface area (Å²) < 4.78 is 42.3. The molecule has 0 radical (unpaired) electrons. The number of H-pyrrole nitrogens is 1. The lowest BCUT2D eigenvalue weighted by molar-refractivity contribution is -0.191. The van der Waals surface area contributed by atoms with Crippen molar-refractivity contribution in [1.29, 1.82) is 0 Å². The van der Waals surface area contributed by atoms with E-state index in [0.717, 1.165) is 30.4 Å². The standard InChI is InChI=1S/C23H24F3N7O/c24-23(25,26)21-17-6-2-14(30-17)8-19(21)33(15-3-4-15)22-27-11-18(31-32-22)16-5-1-12(7-20(16)34)13-9-28-29-10-13/h1,5,7,9-11,14-15,17,19,21,30,34H,2-4,6,8H2,(H,28,29)/t14-,17+,19-,21+/m1/s1. The number of phenolic OH excluding ortho intramolecular Hbond substituents is 1. The van der Waals surface area contributed by atoms with Crippen molar-refractivity contribution >= 4 is 5.95 Å². The van der Waals surface area contributed by atoms with Crippen LogP contribution in [0.5, 0.6) is 5.75 Å². The molecule has 1 aliphatic carbocycles. The van der Waals surface area contributed by atoms with Crippen molar-refractivity contribution in [2.45, 2.75) is 62.4 Å². The summed E-state index contributed by atoms with van der Waals surface area (Å²) >= 11 is 0. The van der Waals surface area contributed by atoms with Crippen LogP contribution in [0.15, 0.2) is 36.8 Å². The van der Waals surface area contributed by atoms with E-state index in [0.29, 0.717) is 24.1 Å². The number of halogens is 3. The predicted octanol–water partition coefficient (Wildman–Crippen LogP) is 3.67. The van der Waals surface area contributed by atoms with Gasteiger partial charge in [0, 0.05) is 41.5 Å². The lowest BCUT2D eigenvalue weighted by Gasteiger charge is -2.44. The van der Waals surface area contributed by atoms with Gasteiger partial charge in [0.25, 0.3) is 0 Å². The molecule has 0 spiro atoms. The minimum Gasteiger partial charge on any atom is -0.507 e. The van der Waals surface area contributed by atoms with Gasteiger partial charge in [-0.1, -0.05) is 6.07 Å². The molecule has 3 aromatic rings. The van der Waals surface area contributed by atoms with E-state index in [-0.39, 0.29) is 23.8 Å². The second-order valence-electron chi connectivity index (χ2n) is 9.42. The lowest BCUT2D eigenvalue weighted by Crippen LogP contribution is -2.60. The Kier molecular flexibility index (Phi) is 4.98. The number of hydrogen-bond acceptors (Lipinski definition) is 7. The number of aromatic nitrogens is 5. The summed E-state index contributed by atoms with van der Waals surface area (Å²) in [5.41, 5.74) is 2.42. The minimum absolute atomic E-state index is 0.00245. The van der Waals surface area contributed by atoms with E-state index in [4.69, 9.17) is 0 Å². The van der Waals surface area contributed by atoms with Crippen molar-refractivity contribution in [2.24, 2.45) is 5.92 Å². The zero-order chi connectivity index (χ0) is 23.4. The molecule has 178 valence electrons. The maximum atomic E-state index is 14.1. The first-order valence-corrected chi connectivity index (χ1v) is 11.5. The average molecular weight is 471 g/mol. The molecule has 1 aromatic carbocycles. The predicted molar refractivity (Wildman–Crippen MR) is 118 cm³/mol. The molecule has 3 N–H and O–H groups in total. The third-order valence-electron chi connectivity index (χ3n) is 7.21. The Bertz CT molecular complexity index is 1160. The number of nitrogens with one attached hydrogen (secondary N) is 2. The number of piperidine rings is 1. The summed E-state index contributed by atoms with van der Waals surface area (Å²) in [6.07, 6.45) is 3.91. The minimum atomic E-state index is -4.30. The highest BCUT2D eigenvalue weighted by molar-refractivity contribution is 5.73. The second-order valence-corrected chi connectivity index (χ2v) is 9.42. The molecule has 6 rings (SSSR count). The van der Waals surface area contributed by atoms with E-state index in [1.165, 1.54) is 6.20 Å². The van der Waals surface area contributed by atoms with Crippen LogP contribution in [-0.4, -0.2) is 60.8 Å². The summed E-state index contributed by atoms with van der Waals surface area (Å²) in [6, 6.07) is 3.96. The fraction of sp³-hybridized carbons (Fsp3) is 0.478. The van der Waals surface area contributed by atoms with Crippen LogP contribution < -0.4 is 10.2 Å². The molecule has 4 heterocycles. The van der Waals surface area contributed by atoms with Crippen LogP contribution in [0.4, 0.5) is 19.1 Å². The molecular weight excluding hydrogens is 447 g/mol. The van der Waals surface area contributed by atoms with Crippen molar-refractivity contribution in [2.75, 3.05) is 4.90 Å². The van der Waals surface area contributed by atoms with Crippen LogP contribution in [0.25, 0.3) is 22.4 Å². The third-order valence-corrected chi connectivity index (χ3v) is 7.21. The highest BCUT2D eigenvalue weighted by atomic mass is 19.4. The van der Waals surface area contributed by atoms with E-state index >= 15 is 0 Å². The van der Waals surface area contributed by atoms with Crippen LogP contribution in [0.2, 0.25) is 0 Å². The molecule has 11 heteroatoms. The Morgan fingerprint density at radius 2 is 1.88 bits per heavy atom. The first-order chi connectivity index (χ1) is 16.4. The molecule has 8 nitrogen and oxygen atoms in total. The van der Waals surface area contributed by atoms with Gasteiger partial charge in [-0.15, -0.1) is 10.2 Å². The molecule has 0 amide bonds. The lowest BCUT2D eigenvalue weighted by atomic mass is 9.85. The monoisotopic (exact) mass is 471 g/mol. The fourth-order valence-electron chi connectivity index (χ4n) is 5.54. The Morgan fingerprint density at radius 3 is 2.53 bits per heavy atom. The van der Waals surface area contributed by atoms with E-state index in [1.807, 2.05) is 6.07 Å². The van der Waals surface area contributed by atoms with E-state index in [1.54, 1.807) is 29.4 Å². The van der Waals surface area contributed by atoms with Crippen LogP contribution in [0.3, 0.4) is 0 Å². The largest absolute Gasteiger partial charge is 0.507 e. The molecule has 3 aliphatic rings. The van der Waals surface area contributed by atoms with Crippen LogP contribution in [0, 0.1) is 5.92 Å². The molecule has 34 heavy (non-hydrogen) atoms. The van der Waals surface area contributed by atoms with E-state index in [2.05, 4.69) is 30.7 Å². The Balaban J connectivity index is 1.30. The van der Waals surface area contributed by atoms with Gasteiger partial charge in [0.2, 0.25) is 5.95 Å². The fourth-order valence-corrected chi connectivity index (χ4v) is 5.54. The van der Waals surface area contributed by atoms with E-state index < -0.39 is 24.2 Å². The molecule has 1 saturated carbocycles. The van der Waals surface area contributed by atoms with Gasteiger partial charge in [-0.05, 0) is 49.8 Å². The van der Waals surface area contributed by atoms with Gasteiger partial charge in [0.15, 0.2) is 0 Å². The number of rotatable bonds is 5. The van der Waals surface area contributed by atoms with Crippen molar-refractivity contribution in [3.63, 3.8) is 0 Å². The number of nitrogens with zero attached hydrogens (tertiary/aromatic N) is 5. The molecule has 2 saturated heterocycles. The van der Waals surface area contributed by atoms with Crippen molar-refractivity contribution in [3.8, 4) is 28.1 Å². The number of alkyl halides is 3. The first-order valence-electron chi connectivity index (χ1n) is 11.5. The van der Waals surface area contributed by atoms with Crippen molar-refractivity contribution in [1.82, 2.24) is 30.7 Å². The first kappa shape index (κ1) is 21.3. The number of anilines is 1. The number of fused-ring (bicyclic) bond motifs is 2. The van der Waals surface area contributed by atoms with Crippen LogP contribution in [0.1, 0.15) is 32.1 Å². The SMILES string of the molecule is Oc1cc(-c2cn[nH]c2)ccc1-c1cnc(N(C2CC2)[C@@H]2C[C@H]3CC[C@H](N3)[C@@H]2C(F)(F)F)nn1. The van der Waals surface area contributed by atoms with Crippen LogP contribution in [-0.2, 0) is 0 Å². The normalized spacial score (nSPS) is 26.6. The van der Waals surface area contributed by atoms with Gasteiger partial charge in [0.05, 0.1) is 18.3 Å². The smallest absolute Gasteiger partial charge is 0.395 e. The third kappa shape index (κ3) is 3.77. The molecule has 2 aromatic heterocycles. The Hall–Kier alpha value is -3.21. The highest BCUT2D eigenvalue weighted by Crippen LogP contribution is 2.46. The molecule has 2 aliphatic heterocycles. The number of phenols is 1. The number of hydrogen-bond donors (Lipinski definition) is 3. The summed E-state index contributed by atoms with van der Waals surface area (Å²) in [4.78, 5) is 6.20. The van der Waals surface area contributed by atoms with Gasteiger partial charge < -0.3 is 15.3 Å². The molecule has 2 bridgehead atoms. The van der Waals surface area contributed by atoms with Crippen molar-refractivity contribution in [3.05, 3.63) is 36.8 Å². The zero-order valence-corrected chi connectivity index (χ0v) is 18.2. The van der Waals surface area contributed by atoms with Gasteiger partial charge >= 0.3 is 6.18 Å². The Morgan fingerprint density at radius 1 is 1.03 bits per heavy atom. The van der Waals surface area contributed by atoms with Gasteiger partial charge in [-0.25, -0.2) is 4.98 Å².